The second kappa shape index (κ2) is 9.05. The second-order valence-electron chi connectivity index (χ2n) is 6.39. The first-order valence-electron chi connectivity index (χ1n) is 8.79. The van der Waals surface area contributed by atoms with Gasteiger partial charge in [0.05, 0.1) is 11.0 Å². The van der Waals surface area contributed by atoms with Gasteiger partial charge in [-0.3, -0.25) is 4.79 Å². The molecule has 0 radical (unpaired) electrons. The third-order valence-electron chi connectivity index (χ3n) is 4.33. The van der Waals surface area contributed by atoms with E-state index in [1.807, 2.05) is 48.5 Å². The lowest BCUT2D eigenvalue weighted by molar-refractivity contribution is -0.122. The molecule has 0 aliphatic rings. The average Bonchev–Trinajstić information content (AvgIpc) is 2.71. The molecule has 0 aromatic heterocycles. The molecular weight excluding hydrogens is 410 g/mol. The van der Waals surface area contributed by atoms with Crippen LogP contribution in [0, 0.1) is 11.3 Å². The van der Waals surface area contributed by atoms with Gasteiger partial charge in [-0.2, -0.15) is 9.98 Å². The lowest BCUT2D eigenvalue weighted by atomic mass is 10.0. The number of fused-ring (bicyclic) bond motifs is 1. The Morgan fingerprint density at radius 1 is 1.03 bits per heavy atom. The van der Waals surface area contributed by atoms with E-state index in [9.17, 15) is 13.2 Å². The molecule has 1 unspecified atom stereocenters. The van der Waals surface area contributed by atoms with E-state index in [1.165, 1.54) is 24.3 Å². The molecule has 3 rings (SSSR count). The summed E-state index contributed by atoms with van der Waals surface area (Å²) in [7, 11) is -3.96. The number of nitrogens with zero attached hydrogens (tertiary/aromatic N) is 1. The third-order valence-corrected chi connectivity index (χ3v) is 6.07. The third kappa shape index (κ3) is 5.33. The first-order chi connectivity index (χ1) is 13.9. The van der Waals surface area contributed by atoms with Gasteiger partial charge in [-0.15, -0.1) is 0 Å². The number of rotatable bonds is 7. The van der Waals surface area contributed by atoms with Crippen LogP contribution in [0.2, 0.25) is 5.02 Å². The van der Waals surface area contributed by atoms with Gasteiger partial charge in [-0.05, 0) is 47.0 Å². The summed E-state index contributed by atoms with van der Waals surface area (Å²) in [6, 6.07) is 19.8. The predicted molar refractivity (Wildman–Crippen MR) is 112 cm³/mol. The van der Waals surface area contributed by atoms with Crippen molar-refractivity contribution in [3.63, 3.8) is 0 Å². The van der Waals surface area contributed by atoms with Crippen LogP contribution in [0.5, 0.6) is 0 Å². The lowest BCUT2D eigenvalue weighted by Crippen LogP contribution is -2.48. The minimum absolute atomic E-state index is 0.00139. The number of halogens is 1. The molecule has 148 valence electrons. The lowest BCUT2D eigenvalue weighted by Gasteiger charge is -2.18. The number of carbonyl (C=O) groups excluding carboxylic acids is 1. The van der Waals surface area contributed by atoms with Crippen molar-refractivity contribution in [2.45, 2.75) is 17.4 Å². The summed E-state index contributed by atoms with van der Waals surface area (Å²) in [6.07, 6.45) is 0.134. The highest BCUT2D eigenvalue weighted by molar-refractivity contribution is 7.89. The fourth-order valence-corrected chi connectivity index (χ4v) is 4.23. The van der Waals surface area contributed by atoms with Crippen LogP contribution in [0.4, 0.5) is 0 Å². The minimum Gasteiger partial charge on any atom is -0.342 e. The number of nitrogens with one attached hydrogen (secondary N) is 2. The first kappa shape index (κ1) is 20.8. The zero-order valence-corrected chi connectivity index (χ0v) is 16.9. The number of amides is 1. The van der Waals surface area contributed by atoms with Gasteiger partial charge >= 0.3 is 0 Å². The molecule has 29 heavy (non-hydrogen) atoms. The fraction of sp³-hybridized carbons (Fsp3) is 0.143. The maximum atomic E-state index is 12.7. The van der Waals surface area contributed by atoms with Crippen LogP contribution in [-0.4, -0.2) is 26.9 Å². The standard InChI is InChI=1S/C21H18ClN3O3S/c22-18-7-9-19(10-8-18)29(27,28)25-20(21(26)24-12-11-23)14-15-5-6-16-3-1-2-4-17(16)13-15/h1-10,13,20,25H,12,14H2,(H,24,26). The molecule has 0 saturated heterocycles. The van der Waals surface area contributed by atoms with Crippen LogP contribution in [-0.2, 0) is 21.2 Å². The molecule has 3 aromatic rings. The van der Waals surface area contributed by atoms with Crippen molar-refractivity contribution in [2.75, 3.05) is 6.54 Å². The molecule has 0 saturated carbocycles. The number of benzene rings is 3. The molecule has 2 N–H and O–H groups in total. The summed E-state index contributed by atoms with van der Waals surface area (Å²) < 4.78 is 27.9. The van der Waals surface area contributed by atoms with Crippen molar-refractivity contribution in [3.05, 3.63) is 77.3 Å². The number of hydrogen-bond acceptors (Lipinski definition) is 4. The summed E-state index contributed by atoms with van der Waals surface area (Å²) in [5, 5.41) is 13.6. The fourth-order valence-electron chi connectivity index (χ4n) is 2.91. The number of hydrogen-bond donors (Lipinski definition) is 2. The Morgan fingerprint density at radius 3 is 2.41 bits per heavy atom. The van der Waals surface area contributed by atoms with Crippen molar-refractivity contribution in [1.29, 1.82) is 5.26 Å². The zero-order chi connectivity index (χ0) is 20.9. The Bertz CT molecular complexity index is 1170. The van der Waals surface area contributed by atoms with Gasteiger partial charge < -0.3 is 5.32 Å². The van der Waals surface area contributed by atoms with Crippen molar-refractivity contribution in [2.24, 2.45) is 0 Å². The van der Waals surface area contributed by atoms with E-state index in [-0.39, 0.29) is 17.9 Å². The van der Waals surface area contributed by atoms with Gasteiger partial charge in [0, 0.05) is 5.02 Å². The van der Waals surface area contributed by atoms with E-state index in [1.54, 1.807) is 0 Å². The van der Waals surface area contributed by atoms with Gasteiger partial charge in [0.25, 0.3) is 0 Å². The van der Waals surface area contributed by atoms with Gasteiger partial charge in [-0.25, -0.2) is 8.42 Å². The number of carbonyl (C=O) groups is 1. The van der Waals surface area contributed by atoms with Gasteiger partial charge in [0.2, 0.25) is 15.9 Å². The van der Waals surface area contributed by atoms with E-state index in [0.717, 1.165) is 16.3 Å². The zero-order valence-electron chi connectivity index (χ0n) is 15.3. The van der Waals surface area contributed by atoms with E-state index in [2.05, 4.69) is 10.0 Å². The maximum absolute atomic E-state index is 12.7. The molecule has 0 bridgehead atoms. The highest BCUT2D eigenvalue weighted by Gasteiger charge is 2.26. The Kier molecular flexibility index (Phi) is 6.49. The first-order valence-corrected chi connectivity index (χ1v) is 10.7. The summed E-state index contributed by atoms with van der Waals surface area (Å²) >= 11 is 5.82. The maximum Gasteiger partial charge on any atom is 0.241 e. The van der Waals surface area contributed by atoms with Gasteiger partial charge in [0.15, 0.2) is 0 Å². The van der Waals surface area contributed by atoms with Crippen LogP contribution in [0.3, 0.4) is 0 Å². The van der Waals surface area contributed by atoms with Gasteiger partial charge in [-0.1, -0.05) is 54.1 Å². The van der Waals surface area contributed by atoms with Crippen LogP contribution < -0.4 is 10.0 Å². The summed E-state index contributed by atoms with van der Waals surface area (Å²) in [6.45, 7) is -0.213. The topological polar surface area (TPSA) is 99.1 Å². The Morgan fingerprint density at radius 2 is 1.72 bits per heavy atom. The number of nitriles is 1. The largest absolute Gasteiger partial charge is 0.342 e. The van der Waals surface area contributed by atoms with Crippen LogP contribution >= 0.6 is 11.6 Å². The SMILES string of the molecule is N#CCNC(=O)C(Cc1ccc2ccccc2c1)NS(=O)(=O)c1ccc(Cl)cc1. The Balaban J connectivity index is 1.88. The summed E-state index contributed by atoms with van der Waals surface area (Å²) in [4.78, 5) is 12.5. The molecule has 1 amide bonds. The van der Waals surface area contributed by atoms with E-state index in [0.29, 0.717) is 5.02 Å². The Hall–Kier alpha value is -2.92. The van der Waals surface area contributed by atoms with Crippen LogP contribution in [0.1, 0.15) is 5.56 Å². The quantitative estimate of drug-likeness (QED) is 0.566. The van der Waals surface area contributed by atoms with E-state index >= 15 is 0 Å². The monoisotopic (exact) mass is 427 g/mol. The normalized spacial score (nSPS) is 12.3. The van der Waals surface area contributed by atoms with Gasteiger partial charge in [0.1, 0.15) is 12.6 Å². The molecular formula is C21H18ClN3O3S. The molecule has 8 heteroatoms. The molecule has 0 heterocycles. The molecule has 0 aliphatic heterocycles. The van der Waals surface area contributed by atoms with Crippen molar-refractivity contribution >= 4 is 38.3 Å². The number of sulfonamides is 1. The minimum atomic E-state index is -3.96. The van der Waals surface area contributed by atoms with Crippen molar-refractivity contribution < 1.29 is 13.2 Å². The molecule has 1 atom stereocenters. The average molecular weight is 428 g/mol. The summed E-state index contributed by atoms with van der Waals surface area (Å²) in [5.74, 6) is -0.572. The van der Waals surface area contributed by atoms with Crippen molar-refractivity contribution in [3.8, 4) is 6.07 Å². The van der Waals surface area contributed by atoms with Crippen molar-refractivity contribution in [1.82, 2.24) is 10.0 Å². The molecule has 0 spiro atoms. The van der Waals surface area contributed by atoms with Crippen LogP contribution in [0.25, 0.3) is 10.8 Å². The van der Waals surface area contributed by atoms with E-state index in [4.69, 9.17) is 16.9 Å². The highest BCUT2D eigenvalue weighted by Crippen LogP contribution is 2.18. The molecule has 3 aromatic carbocycles. The Labute approximate surface area is 174 Å². The van der Waals surface area contributed by atoms with Crippen LogP contribution in [0.15, 0.2) is 71.6 Å². The smallest absolute Gasteiger partial charge is 0.241 e. The molecule has 6 nitrogen and oxygen atoms in total. The summed E-state index contributed by atoms with van der Waals surface area (Å²) in [5.41, 5.74) is 0.791. The highest BCUT2D eigenvalue weighted by atomic mass is 35.5. The predicted octanol–water partition coefficient (Wildman–Crippen LogP) is 3.02. The molecule has 0 aliphatic carbocycles. The molecule has 0 fully saturated rings. The second-order valence-corrected chi connectivity index (χ2v) is 8.54. The van der Waals surface area contributed by atoms with E-state index < -0.39 is 22.0 Å².